The molecule has 0 aliphatic rings. The predicted molar refractivity (Wildman–Crippen MR) is 53.7 cm³/mol. The van der Waals surface area contributed by atoms with Gasteiger partial charge in [-0.2, -0.15) is 0 Å². The van der Waals surface area contributed by atoms with Crippen LogP contribution in [0.5, 0.6) is 0 Å². The van der Waals surface area contributed by atoms with Gasteiger partial charge in [0.15, 0.2) is 0 Å². The van der Waals surface area contributed by atoms with Gasteiger partial charge < -0.3 is 5.11 Å². The van der Waals surface area contributed by atoms with Gasteiger partial charge in [-0.15, -0.1) is 0 Å². The molecule has 0 amide bonds. The van der Waals surface area contributed by atoms with Gasteiger partial charge in [0.2, 0.25) is 0 Å². The summed E-state index contributed by atoms with van der Waals surface area (Å²) in [6.45, 7) is 10.7. The zero-order valence-corrected chi connectivity index (χ0v) is 8.89. The molecule has 0 aromatic heterocycles. The number of nitrogens with zero attached hydrogens (tertiary/aromatic N) is 1. The van der Waals surface area contributed by atoms with E-state index in [1.54, 1.807) is 0 Å². The highest BCUT2D eigenvalue weighted by Crippen LogP contribution is 2.11. The Bertz CT molecular complexity index is 154. The molecule has 0 radical (unpaired) electrons. The van der Waals surface area contributed by atoms with Gasteiger partial charge in [-0.25, -0.2) is 0 Å². The molecule has 0 spiro atoms. The zero-order valence-electron chi connectivity index (χ0n) is 8.89. The molecule has 0 bridgehead atoms. The molecule has 2 nitrogen and oxygen atoms in total. The minimum atomic E-state index is -0.0191. The molecule has 2 heteroatoms. The second kappa shape index (κ2) is 4.61. The first-order valence-corrected chi connectivity index (χ1v) is 4.56. The summed E-state index contributed by atoms with van der Waals surface area (Å²) in [5, 5.41) is 8.80. The minimum Gasteiger partial charge on any atom is -0.396 e. The summed E-state index contributed by atoms with van der Waals surface area (Å²) >= 11 is 0. The highest BCUT2D eigenvalue weighted by atomic mass is 16.3. The van der Waals surface area contributed by atoms with E-state index in [1.165, 1.54) is 0 Å². The molecule has 0 fully saturated rings. The number of hydrogen-bond donors (Lipinski definition) is 1. The molecule has 0 aromatic rings. The van der Waals surface area contributed by atoms with E-state index in [4.69, 9.17) is 5.11 Å². The Kier molecular flexibility index (Phi) is 4.46. The maximum absolute atomic E-state index is 8.80. The lowest BCUT2D eigenvalue weighted by atomic mass is 10.0. The molecule has 0 saturated heterocycles. The summed E-state index contributed by atoms with van der Waals surface area (Å²) in [5.74, 6) is 0.441. The summed E-state index contributed by atoms with van der Waals surface area (Å²) in [6, 6.07) is 0. The van der Waals surface area contributed by atoms with Crippen molar-refractivity contribution in [3.63, 3.8) is 0 Å². The van der Waals surface area contributed by atoms with Crippen LogP contribution in [-0.2, 0) is 0 Å². The lowest BCUT2D eigenvalue weighted by Crippen LogP contribution is -2.18. The summed E-state index contributed by atoms with van der Waals surface area (Å²) in [7, 11) is 0. The third-order valence-corrected chi connectivity index (χ3v) is 1.51. The number of aliphatic hydroxyl groups is 1. The fourth-order valence-electron chi connectivity index (χ4n) is 1.02. The first kappa shape index (κ1) is 11.6. The van der Waals surface area contributed by atoms with Gasteiger partial charge in [-0.3, -0.25) is 4.99 Å². The molecule has 0 aliphatic carbocycles. The molecule has 0 rings (SSSR count). The molecule has 0 saturated carbocycles. The van der Waals surface area contributed by atoms with Crippen molar-refractivity contribution >= 4 is 5.71 Å². The Morgan fingerprint density at radius 3 is 2.08 bits per heavy atom. The summed E-state index contributed by atoms with van der Waals surface area (Å²) in [4.78, 5) is 4.55. The Morgan fingerprint density at radius 1 is 1.33 bits per heavy atom. The average molecular weight is 171 g/mol. The molecular weight excluding hydrogens is 150 g/mol. The van der Waals surface area contributed by atoms with Gasteiger partial charge in [0, 0.05) is 18.7 Å². The standard InChI is InChI=1S/C10H21NO/c1-8(2)9(6-7-12)11-10(3,4)5/h8,12H,6-7H2,1-5H3. The summed E-state index contributed by atoms with van der Waals surface area (Å²) < 4.78 is 0. The Morgan fingerprint density at radius 2 is 1.83 bits per heavy atom. The van der Waals surface area contributed by atoms with E-state index in [1.807, 2.05) is 0 Å². The van der Waals surface area contributed by atoms with E-state index < -0.39 is 0 Å². The van der Waals surface area contributed by atoms with Crippen LogP contribution in [0, 0.1) is 5.92 Å². The Labute approximate surface area is 75.7 Å². The quantitative estimate of drug-likeness (QED) is 0.649. The van der Waals surface area contributed by atoms with Crippen LogP contribution in [0.25, 0.3) is 0 Å². The smallest absolute Gasteiger partial charge is 0.0523 e. The molecule has 0 unspecified atom stereocenters. The molecule has 1 N–H and O–H groups in total. The van der Waals surface area contributed by atoms with Crippen LogP contribution >= 0.6 is 0 Å². The van der Waals surface area contributed by atoms with E-state index in [0.29, 0.717) is 12.3 Å². The normalized spacial score (nSPS) is 14.1. The van der Waals surface area contributed by atoms with E-state index >= 15 is 0 Å². The molecule has 0 aliphatic heterocycles. The molecule has 0 heterocycles. The van der Waals surface area contributed by atoms with Gasteiger partial charge in [-0.1, -0.05) is 13.8 Å². The van der Waals surface area contributed by atoms with Crippen molar-refractivity contribution < 1.29 is 5.11 Å². The molecule has 0 atom stereocenters. The van der Waals surface area contributed by atoms with Crippen LogP contribution in [0.15, 0.2) is 4.99 Å². The molecular formula is C10H21NO. The highest BCUT2D eigenvalue weighted by molar-refractivity contribution is 5.86. The number of rotatable bonds is 3. The van der Waals surface area contributed by atoms with E-state index in [0.717, 1.165) is 5.71 Å². The Hall–Kier alpha value is -0.370. The first-order chi connectivity index (χ1) is 5.37. The van der Waals surface area contributed by atoms with Crippen molar-refractivity contribution in [1.82, 2.24) is 0 Å². The highest BCUT2D eigenvalue weighted by Gasteiger charge is 2.11. The van der Waals surface area contributed by atoms with Crippen LogP contribution in [0.4, 0.5) is 0 Å². The minimum absolute atomic E-state index is 0.0191. The van der Waals surface area contributed by atoms with Gasteiger partial charge in [0.25, 0.3) is 0 Å². The Balaban J connectivity index is 4.39. The maximum Gasteiger partial charge on any atom is 0.0523 e. The third kappa shape index (κ3) is 5.30. The molecule has 12 heavy (non-hydrogen) atoms. The lowest BCUT2D eigenvalue weighted by molar-refractivity contribution is 0.305. The third-order valence-electron chi connectivity index (χ3n) is 1.51. The van der Waals surface area contributed by atoms with Crippen molar-refractivity contribution in [3.05, 3.63) is 0 Å². The van der Waals surface area contributed by atoms with Crippen LogP contribution in [-0.4, -0.2) is 23.0 Å². The van der Waals surface area contributed by atoms with Crippen LogP contribution in [0.2, 0.25) is 0 Å². The van der Waals surface area contributed by atoms with Crippen LogP contribution in [0.3, 0.4) is 0 Å². The second-order valence-corrected chi connectivity index (χ2v) is 4.40. The maximum atomic E-state index is 8.80. The average Bonchev–Trinajstić information content (AvgIpc) is 1.83. The summed E-state index contributed by atoms with van der Waals surface area (Å²) in [5.41, 5.74) is 1.10. The van der Waals surface area contributed by atoms with Crippen molar-refractivity contribution in [2.24, 2.45) is 10.9 Å². The van der Waals surface area contributed by atoms with Gasteiger partial charge in [0.1, 0.15) is 0 Å². The van der Waals surface area contributed by atoms with Crippen LogP contribution in [0.1, 0.15) is 41.0 Å². The zero-order chi connectivity index (χ0) is 9.78. The summed E-state index contributed by atoms with van der Waals surface area (Å²) in [6.07, 6.45) is 0.703. The SMILES string of the molecule is CC(C)C(CCO)=NC(C)(C)C. The van der Waals surface area contributed by atoms with Gasteiger partial charge in [0.05, 0.1) is 5.54 Å². The van der Waals surface area contributed by atoms with Crippen molar-refractivity contribution in [3.8, 4) is 0 Å². The number of aliphatic imine (C=N–C) groups is 1. The molecule has 72 valence electrons. The van der Waals surface area contributed by atoms with Crippen molar-refractivity contribution in [2.75, 3.05) is 6.61 Å². The van der Waals surface area contributed by atoms with Crippen LogP contribution < -0.4 is 0 Å². The monoisotopic (exact) mass is 171 g/mol. The largest absolute Gasteiger partial charge is 0.396 e. The fourth-order valence-corrected chi connectivity index (χ4v) is 1.02. The first-order valence-electron chi connectivity index (χ1n) is 4.56. The van der Waals surface area contributed by atoms with E-state index in [-0.39, 0.29) is 12.1 Å². The van der Waals surface area contributed by atoms with E-state index in [2.05, 4.69) is 39.6 Å². The van der Waals surface area contributed by atoms with Gasteiger partial charge >= 0.3 is 0 Å². The molecule has 0 aromatic carbocycles. The second-order valence-electron chi connectivity index (χ2n) is 4.40. The predicted octanol–water partition coefficient (Wildman–Crippen LogP) is 2.26. The number of aliphatic hydroxyl groups excluding tert-OH is 1. The fraction of sp³-hybridized carbons (Fsp3) is 0.900. The lowest BCUT2D eigenvalue weighted by Gasteiger charge is -2.17. The van der Waals surface area contributed by atoms with Gasteiger partial charge in [-0.05, 0) is 26.7 Å². The topological polar surface area (TPSA) is 32.6 Å². The number of hydrogen-bond acceptors (Lipinski definition) is 2. The van der Waals surface area contributed by atoms with Crippen molar-refractivity contribution in [2.45, 2.75) is 46.6 Å². The van der Waals surface area contributed by atoms with E-state index in [9.17, 15) is 0 Å². The van der Waals surface area contributed by atoms with Crippen molar-refractivity contribution in [1.29, 1.82) is 0 Å².